The van der Waals surface area contributed by atoms with Crippen molar-refractivity contribution >= 4 is 21.4 Å². The van der Waals surface area contributed by atoms with E-state index in [1.54, 1.807) is 43.3 Å². The molecule has 0 saturated carbocycles. The van der Waals surface area contributed by atoms with Crippen molar-refractivity contribution in [2.45, 2.75) is 42.9 Å². The van der Waals surface area contributed by atoms with Crippen molar-refractivity contribution in [3.63, 3.8) is 0 Å². The number of sulfone groups is 1. The molecule has 39 heavy (non-hydrogen) atoms. The summed E-state index contributed by atoms with van der Waals surface area (Å²) in [6.07, 6.45) is -4.14. The average Bonchev–Trinajstić information content (AvgIpc) is 2.90. The Morgan fingerprint density at radius 3 is 2.21 bits per heavy atom. The summed E-state index contributed by atoms with van der Waals surface area (Å²) in [5, 5.41) is 2.76. The Balaban J connectivity index is 1.44. The zero-order valence-corrected chi connectivity index (χ0v) is 21.9. The number of halogens is 4. The molecule has 1 saturated heterocycles. The Labute approximate surface area is 223 Å². The molecule has 0 spiro atoms. The molecule has 1 fully saturated rings. The second-order valence-corrected chi connectivity index (χ2v) is 11.5. The molecule has 1 heterocycles. The summed E-state index contributed by atoms with van der Waals surface area (Å²) in [6.45, 7) is 2.15. The Morgan fingerprint density at radius 2 is 1.64 bits per heavy atom. The van der Waals surface area contributed by atoms with Gasteiger partial charge >= 0.3 is 6.18 Å². The molecule has 11 heteroatoms. The standard InChI is InChI=1S/C28H27F4NO5S/c1-2-39(35,36)23-10-3-19(4-11-23)17-26(34)33-21-6-8-22(9-7-21)38-27(13-15-37-16-14-27)20-5-12-24(25(29)18-20)28(30,31)32/h3-12,18H,2,13-17H2,1H3,(H,33,34). The second kappa shape index (κ2) is 11.4. The molecule has 6 nitrogen and oxygen atoms in total. The Kier molecular flexibility index (Phi) is 8.31. The zero-order valence-electron chi connectivity index (χ0n) is 21.1. The highest BCUT2D eigenvalue weighted by Gasteiger charge is 2.40. The van der Waals surface area contributed by atoms with Crippen LogP contribution in [-0.2, 0) is 37.6 Å². The molecule has 1 aliphatic heterocycles. The third-order valence-electron chi connectivity index (χ3n) is 6.58. The van der Waals surface area contributed by atoms with E-state index in [2.05, 4.69) is 5.32 Å². The SMILES string of the molecule is CCS(=O)(=O)c1ccc(CC(=O)Nc2ccc(OC3(c4ccc(C(F)(F)F)c(F)c4)CCOCC3)cc2)cc1. The number of nitrogens with one attached hydrogen (secondary N) is 1. The van der Waals surface area contributed by atoms with Crippen LogP contribution in [0.3, 0.4) is 0 Å². The maximum atomic E-state index is 14.4. The first-order chi connectivity index (χ1) is 18.4. The monoisotopic (exact) mass is 565 g/mol. The van der Waals surface area contributed by atoms with Gasteiger partial charge in [0.25, 0.3) is 0 Å². The van der Waals surface area contributed by atoms with Crippen LogP contribution < -0.4 is 10.1 Å². The van der Waals surface area contributed by atoms with Crippen molar-refractivity contribution in [1.82, 2.24) is 0 Å². The summed E-state index contributed by atoms with van der Waals surface area (Å²) < 4.78 is 89.0. The number of carbonyl (C=O) groups is 1. The minimum Gasteiger partial charge on any atom is -0.482 e. The summed E-state index contributed by atoms with van der Waals surface area (Å²) in [6, 6.07) is 15.4. The number of amides is 1. The van der Waals surface area contributed by atoms with E-state index in [0.29, 0.717) is 43.1 Å². The average molecular weight is 566 g/mol. The summed E-state index contributed by atoms with van der Waals surface area (Å²) >= 11 is 0. The van der Waals surface area contributed by atoms with E-state index in [1.165, 1.54) is 18.2 Å². The number of hydrogen-bond donors (Lipinski definition) is 1. The molecule has 0 atom stereocenters. The number of ether oxygens (including phenoxy) is 2. The molecule has 4 rings (SSSR count). The number of alkyl halides is 3. The maximum absolute atomic E-state index is 14.4. The van der Waals surface area contributed by atoms with Gasteiger partial charge in [-0.1, -0.05) is 25.1 Å². The van der Waals surface area contributed by atoms with Crippen molar-refractivity contribution < 1.29 is 40.2 Å². The zero-order chi connectivity index (χ0) is 28.3. The lowest BCUT2D eigenvalue weighted by Gasteiger charge is -2.38. The molecule has 3 aromatic rings. The Morgan fingerprint density at radius 1 is 1.00 bits per heavy atom. The van der Waals surface area contributed by atoms with Gasteiger partial charge in [-0.3, -0.25) is 4.79 Å². The topological polar surface area (TPSA) is 81.7 Å². The van der Waals surface area contributed by atoms with E-state index in [-0.39, 0.29) is 28.5 Å². The molecule has 1 aliphatic rings. The molecule has 0 bridgehead atoms. The van der Waals surface area contributed by atoms with Crippen LogP contribution in [0.25, 0.3) is 0 Å². The summed E-state index contributed by atoms with van der Waals surface area (Å²) in [4.78, 5) is 12.7. The maximum Gasteiger partial charge on any atom is 0.419 e. The first kappa shape index (κ1) is 28.6. The van der Waals surface area contributed by atoms with E-state index < -0.39 is 33.0 Å². The van der Waals surface area contributed by atoms with Crippen molar-refractivity contribution in [2.24, 2.45) is 0 Å². The summed E-state index contributed by atoms with van der Waals surface area (Å²) in [7, 11) is -3.32. The minimum absolute atomic E-state index is 0.0112. The van der Waals surface area contributed by atoms with E-state index in [4.69, 9.17) is 9.47 Å². The lowest BCUT2D eigenvalue weighted by atomic mass is 9.85. The van der Waals surface area contributed by atoms with Gasteiger partial charge in [0, 0.05) is 18.5 Å². The van der Waals surface area contributed by atoms with Gasteiger partial charge in [-0.2, -0.15) is 13.2 Å². The minimum atomic E-state index is -4.80. The molecule has 0 unspecified atom stereocenters. The van der Waals surface area contributed by atoms with Crippen LogP contribution in [0, 0.1) is 5.82 Å². The lowest BCUT2D eigenvalue weighted by molar-refractivity contribution is -0.140. The molecule has 3 aromatic carbocycles. The first-order valence-electron chi connectivity index (χ1n) is 12.3. The fourth-order valence-electron chi connectivity index (χ4n) is 4.38. The predicted molar refractivity (Wildman–Crippen MR) is 137 cm³/mol. The van der Waals surface area contributed by atoms with E-state index in [0.717, 1.165) is 12.1 Å². The van der Waals surface area contributed by atoms with Crippen molar-refractivity contribution in [3.8, 4) is 5.75 Å². The molecule has 0 radical (unpaired) electrons. The van der Waals surface area contributed by atoms with Crippen LogP contribution in [0.2, 0.25) is 0 Å². The molecular weight excluding hydrogens is 538 g/mol. The van der Waals surface area contributed by atoms with Crippen LogP contribution in [0.4, 0.5) is 23.2 Å². The van der Waals surface area contributed by atoms with E-state index in [9.17, 15) is 30.8 Å². The predicted octanol–water partition coefficient (Wildman–Crippen LogP) is 5.90. The fraction of sp³-hybridized carbons (Fsp3) is 0.321. The van der Waals surface area contributed by atoms with Crippen molar-refractivity contribution in [1.29, 1.82) is 0 Å². The highest BCUT2D eigenvalue weighted by Crippen LogP contribution is 2.40. The molecule has 1 N–H and O–H groups in total. The number of rotatable bonds is 8. The van der Waals surface area contributed by atoms with Gasteiger partial charge < -0.3 is 14.8 Å². The van der Waals surface area contributed by atoms with Gasteiger partial charge in [0.2, 0.25) is 5.91 Å². The van der Waals surface area contributed by atoms with Gasteiger partial charge in [0.05, 0.1) is 35.8 Å². The van der Waals surface area contributed by atoms with Gasteiger partial charge in [0.1, 0.15) is 17.2 Å². The van der Waals surface area contributed by atoms with Gasteiger partial charge in [-0.15, -0.1) is 0 Å². The molecular formula is C28H27F4NO5S. The number of carbonyl (C=O) groups excluding carboxylic acids is 1. The fourth-order valence-corrected chi connectivity index (χ4v) is 5.27. The quantitative estimate of drug-likeness (QED) is 0.344. The van der Waals surface area contributed by atoms with Gasteiger partial charge in [-0.05, 0) is 59.7 Å². The third kappa shape index (κ3) is 6.77. The van der Waals surface area contributed by atoms with E-state index in [1.807, 2.05) is 0 Å². The smallest absolute Gasteiger partial charge is 0.419 e. The van der Waals surface area contributed by atoms with Crippen LogP contribution in [0.15, 0.2) is 71.6 Å². The Bertz CT molecular complexity index is 1420. The third-order valence-corrected chi connectivity index (χ3v) is 8.33. The van der Waals surface area contributed by atoms with Crippen LogP contribution in [0.5, 0.6) is 5.75 Å². The van der Waals surface area contributed by atoms with Crippen LogP contribution in [-0.4, -0.2) is 33.3 Å². The van der Waals surface area contributed by atoms with E-state index >= 15 is 0 Å². The molecule has 208 valence electrons. The molecule has 0 aliphatic carbocycles. The van der Waals surface area contributed by atoms with Crippen molar-refractivity contribution in [3.05, 3.63) is 89.2 Å². The highest BCUT2D eigenvalue weighted by molar-refractivity contribution is 7.91. The molecule has 0 aromatic heterocycles. The summed E-state index contributed by atoms with van der Waals surface area (Å²) in [5.41, 5.74) is -1.00. The summed E-state index contributed by atoms with van der Waals surface area (Å²) in [5.74, 6) is -1.30. The molecule has 1 amide bonds. The van der Waals surface area contributed by atoms with Crippen molar-refractivity contribution in [2.75, 3.05) is 24.3 Å². The first-order valence-corrected chi connectivity index (χ1v) is 13.9. The normalized spacial score (nSPS) is 15.5. The van der Waals surface area contributed by atoms with Crippen LogP contribution in [0.1, 0.15) is 36.5 Å². The number of benzene rings is 3. The van der Waals surface area contributed by atoms with Gasteiger partial charge in [0.15, 0.2) is 9.84 Å². The van der Waals surface area contributed by atoms with Crippen LogP contribution >= 0.6 is 0 Å². The number of anilines is 1. The Hall–Kier alpha value is -3.44. The largest absolute Gasteiger partial charge is 0.482 e. The van der Waals surface area contributed by atoms with Gasteiger partial charge in [-0.25, -0.2) is 12.8 Å². The second-order valence-electron chi connectivity index (χ2n) is 9.20. The lowest BCUT2D eigenvalue weighted by Crippen LogP contribution is -2.39. The highest BCUT2D eigenvalue weighted by atomic mass is 32.2. The number of hydrogen-bond acceptors (Lipinski definition) is 5.